The van der Waals surface area contributed by atoms with Gasteiger partial charge in [0.05, 0.1) is 0 Å². The molecule has 3 aromatic rings. The standard InChI is InChI=1S/C22H20S/c1-16-11-13-17(14-12-16)20-15-22(18-7-3-2-4-8-18)23-21-10-6-5-9-19(20)21/h2-14,20,22H,15H2,1H3/t20-,22-/m0/s1. The zero-order valence-corrected chi connectivity index (χ0v) is 14.1. The first-order chi connectivity index (χ1) is 11.3. The van der Waals surface area contributed by atoms with Crippen LogP contribution in [-0.4, -0.2) is 0 Å². The summed E-state index contributed by atoms with van der Waals surface area (Å²) in [6.45, 7) is 2.15. The highest BCUT2D eigenvalue weighted by Crippen LogP contribution is 2.51. The maximum atomic E-state index is 2.30. The Bertz CT molecular complexity index is 790. The number of fused-ring (bicyclic) bond motifs is 1. The van der Waals surface area contributed by atoms with E-state index in [0.29, 0.717) is 11.2 Å². The van der Waals surface area contributed by atoms with Gasteiger partial charge in [-0.2, -0.15) is 0 Å². The van der Waals surface area contributed by atoms with Crippen LogP contribution in [0.5, 0.6) is 0 Å². The molecule has 0 amide bonds. The first-order valence-electron chi connectivity index (χ1n) is 8.18. The zero-order chi connectivity index (χ0) is 15.6. The van der Waals surface area contributed by atoms with Crippen LogP contribution in [0.15, 0.2) is 83.8 Å². The molecule has 3 aromatic carbocycles. The normalized spacial score (nSPS) is 20.0. The van der Waals surface area contributed by atoms with Gasteiger partial charge >= 0.3 is 0 Å². The highest BCUT2D eigenvalue weighted by atomic mass is 32.2. The summed E-state index contributed by atoms with van der Waals surface area (Å²) in [4.78, 5) is 1.43. The average Bonchev–Trinajstić information content (AvgIpc) is 2.62. The lowest BCUT2D eigenvalue weighted by atomic mass is 9.85. The van der Waals surface area contributed by atoms with E-state index in [1.165, 1.54) is 27.1 Å². The van der Waals surface area contributed by atoms with Crippen LogP contribution >= 0.6 is 11.8 Å². The van der Waals surface area contributed by atoms with Crippen molar-refractivity contribution in [2.45, 2.75) is 29.4 Å². The van der Waals surface area contributed by atoms with E-state index in [9.17, 15) is 0 Å². The van der Waals surface area contributed by atoms with E-state index in [4.69, 9.17) is 0 Å². The zero-order valence-electron chi connectivity index (χ0n) is 13.3. The Balaban J connectivity index is 1.76. The molecule has 1 heteroatoms. The van der Waals surface area contributed by atoms with Gasteiger partial charge in [-0.1, -0.05) is 78.4 Å². The molecule has 0 fully saturated rings. The third-order valence-electron chi connectivity index (χ3n) is 4.66. The molecule has 0 saturated carbocycles. The summed E-state index contributed by atoms with van der Waals surface area (Å²) in [5.74, 6) is 0.484. The van der Waals surface area contributed by atoms with Gasteiger partial charge in [0.15, 0.2) is 0 Å². The van der Waals surface area contributed by atoms with Crippen molar-refractivity contribution in [1.82, 2.24) is 0 Å². The molecule has 1 aliphatic heterocycles. The average molecular weight is 316 g/mol. The molecule has 1 heterocycles. The molecule has 4 rings (SSSR count). The first-order valence-corrected chi connectivity index (χ1v) is 9.06. The summed E-state index contributed by atoms with van der Waals surface area (Å²) in [6, 6.07) is 28.9. The molecule has 0 saturated heterocycles. The molecule has 0 N–H and O–H groups in total. The molecule has 0 radical (unpaired) electrons. The van der Waals surface area contributed by atoms with Crippen molar-refractivity contribution < 1.29 is 0 Å². The van der Waals surface area contributed by atoms with Gasteiger partial charge < -0.3 is 0 Å². The van der Waals surface area contributed by atoms with Crippen molar-refractivity contribution in [3.8, 4) is 0 Å². The van der Waals surface area contributed by atoms with Gasteiger partial charge in [0.2, 0.25) is 0 Å². The molecule has 0 nitrogen and oxygen atoms in total. The molecule has 0 aliphatic carbocycles. The third kappa shape index (κ3) is 2.94. The van der Waals surface area contributed by atoms with E-state index in [0.717, 1.165) is 6.42 Å². The summed E-state index contributed by atoms with van der Waals surface area (Å²) >= 11 is 2.01. The first kappa shape index (κ1) is 14.6. The molecule has 0 aromatic heterocycles. The molecule has 23 heavy (non-hydrogen) atoms. The Morgan fingerprint density at radius 1 is 0.739 bits per heavy atom. The van der Waals surface area contributed by atoms with E-state index in [1.54, 1.807) is 0 Å². The fourth-order valence-electron chi connectivity index (χ4n) is 3.40. The summed E-state index contributed by atoms with van der Waals surface area (Å²) in [5, 5.41) is 0.525. The largest absolute Gasteiger partial charge is 0.118 e. The Morgan fingerprint density at radius 3 is 2.22 bits per heavy atom. The van der Waals surface area contributed by atoms with Gasteiger partial charge in [-0.25, -0.2) is 0 Å². The van der Waals surface area contributed by atoms with Crippen molar-refractivity contribution in [3.63, 3.8) is 0 Å². The van der Waals surface area contributed by atoms with Crippen molar-refractivity contribution >= 4 is 11.8 Å². The number of rotatable bonds is 2. The summed E-state index contributed by atoms with van der Waals surface area (Å²) in [6.07, 6.45) is 1.16. The van der Waals surface area contributed by atoms with Gasteiger partial charge in [-0.3, -0.25) is 0 Å². The number of aryl methyl sites for hydroxylation is 1. The predicted octanol–water partition coefficient (Wildman–Crippen LogP) is 6.36. The lowest BCUT2D eigenvalue weighted by Gasteiger charge is -2.32. The summed E-state index contributed by atoms with van der Waals surface area (Å²) < 4.78 is 0. The Kier molecular flexibility index (Phi) is 3.97. The van der Waals surface area contributed by atoms with Crippen LogP contribution < -0.4 is 0 Å². The van der Waals surface area contributed by atoms with Gasteiger partial charge in [0.1, 0.15) is 0 Å². The molecule has 2 atom stereocenters. The number of hydrogen-bond donors (Lipinski definition) is 0. The van der Waals surface area contributed by atoms with Gasteiger partial charge in [0.25, 0.3) is 0 Å². The Labute approximate surface area is 142 Å². The second kappa shape index (κ2) is 6.25. The van der Waals surface area contributed by atoms with Crippen LogP contribution in [0.4, 0.5) is 0 Å². The van der Waals surface area contributed by atoms with Crippen LogP contribution in [0.3, 0.4) is 0 Å². The highest BCUT2D eigenvalue weighted by Gasteiger charge is 2.29. The van der Waals surface area contributed by atoms with Crippen LogP contribution in [0.1, 0.15) is 39.8 Å². The number of benzene rings is 3. The van der Waals surface area contributed by atoms with E-state index in [-0.39, 0.29) is 0 Å². The molecule has 0 spiro atoms. The quantitative estimate of drug-likeness (QED) is 0.530. The van der Waals surface area contributed by atoms with Crippen LogP contribution in [0.2, 0.25) is 0 Å². The Hall–Kier alpha value is -1.99. The van der Waals surface area contributed by atoms with Crippen LogP contribution in [0, 0.1) is 6.92 Å². The smallest absolute Gasteiger partial charge is 0.0353 e. The monoisotopic (exact) mass is 316 g/mol. The fraction of sp³-hybridized carbons (Fsp3) is 0.182. The van der Waals surface area contributed by atoms with Crippen molar-refractivity contribution in [2.75, 3.05) is 0 Å². The minimum absolute atomic E-state index is 0.484. The van der Waals surface area contributed by atoms with E-state index >= 15 is 0 Å². The van der Waals surface area contributed by atoms with Gasteiger partial charge in [0, 0.05) is 16.1 Å². The lowest BCUT2D eigenvalue weighted by Crippen LogP contribution is -2.12. The number of thioether (sulfide) groups is 1. The van der Waals surface area contributed by atoms with Crippen molar-refractivity contribution in [2.24, 2.45) is 0 Å². The number of hydrogen-bond acceptors (Lipinski definition) is 1. The summed E-state index contributed by atoms with van der Waals surface area (Å²) in [5.41, 5.74) is 5.67. The van der Waals surface area contributed by atoms with Crippen molar-refractivity contribution in [1.29, 1.82) is 0 Å². The summed E-state index contributed by atoms with van der Waals surface area (Å²) in [7, 11) is 0. The minimum Gasteiger partial charge on any atom is -0.118 e. The predicted molar refractivity (Wildman–Crippen MR) is 99.1 cm³/mol. The van der Waals surface area contributed by atoms with Crippen LogP contribution in [0.25, 0.3) is 0 Å². The van der Waals surface area contributed by atoms with Gasteiger partial charge in [-0.05, 0) is 36.1 Å². The second-order valence-corrected chi connectivity index (χ2v) is 7.50. The maximum Gasteiger partial charge on any atom is 0.0353 e. The molecule has 114 valence electrons. The topological polar surface area (TPSA) is 0 Å². The van der Waals surface area contributed by atoms with Crippen LogP contribution in [-0.2, 0) is 0 Å². The van der Waals surface area contributed by atoms with Crippen molar-refractivity contribution in [3.05, 3.63) is 101 Å². The lowest BCUT2D eigenvalue weighted by molar-refractivity contribution is 0.676. The molecular weight excluding hydrogens is 296 g/mol. The highest BCUT2D eigenvalue weighted by molar-refractivity contribution is 7.99. The minimum atomic E-state index is 0.484. The molecule has 1 aliphatic rings. The SMILES string of the molecule is Cc1ccc([C@@H]2C[C@@H](c3ccccc3)Sc3ccccc32)cc1. The fourth-order valence-corrected chi connectivity index (χ4v) is 4.80. The molecular formula is C22H20S. The third-order valence-corrected chi connectivity index (χ3v) is 6.04. The molecule has 0 unspecified atom stereocenters. The van der Waals surface area contributed by atoms with Gasteiger partial charge in [-0.15, -0.1) is 11.8 Å². The van der Waals surface area contributed by atoms with E-state index in [2.05, 4.69) is 85.8 Å². The van der Waals surface area contributed by atoms with E-state index < -0.39 is 0 Å². The maximum absolute atomic E-state index is 2.30. The molecule has 0 bridgehead atoms. The Morgan fingerprint density at radius 2 is 1.43 bits per heavy atom. The van der Waals surface area contributed by atoms with E-state index in [1.807, 2.05) is 11.8 Å². The second-order valence-electron chi connectivity index (χ2n) is 6.25.